The highest BCUT2D eigenvalue weighted by Crippen LogP contribution is 2.08. The Labute approximate surface area is 96.4 Å². The quantitative estimate of drug-likeness (QED) is 0.594. The van der Waals surface area contributed by atoms with Gasteiger partial charge in [0.05, 0.1) is 6.10 Å². The molecule has 1 rings (SSSR count). The fourth-order valence-corrected chi connectivity index (χ4v) is 1.91. The average Bonchev–Trinajstić information content (AvgIpc) is 2.25. The number of likely N-dealkylation sites (tertiary alicyclic amines) is 1. The smallest absolute Gasteiger partial charge is 0.303 e. The van der Waals surface area contributed by atoms with Gasteiger partial charge in [-0.2, -0.15) is 0 Å². The summed E-state index contributed by atoms with van der Waals surface area (Å²) in [6.07, 6.45) is 2.02. The molecule has 16 heavy (non-hydrogen) atoms. The third-order valence-corrected chi connectivity index (χ3v) is 3.05. The topological polar surface area (TPSA) is 72.8 Å². The summed E-state index contributed by atoms with van der Waals surface area (Å²) in [6.45, 7) is 2.67. The Bertz CT molecular complexity index is 215. The maximum Gasteiger partial charge on any atom is 0.303 e. The summed E-state index contributed by atoms with van der Waals surface area (Å²) in [5.74, 6) is -0.849. The zero-order valence-corrected chi connectivity index (χ0v) is 9.85. The standard InChI is InChI=1S/C11H22N2O3/c1-13-6-4-9(5-7-13)12-8-10(14)2-3-11(15)16/h9-10,12,14H,2-8H2,1H3,(H,15,16). The highest BCUT2D eigenvalue weighted by atomic mass is 16.4. The van der Waals surface area contributed by atoms with Crippen molar-refractivity contribution in [1.82, 2.24) is 10.2 Å². The Hall–Kier alpha value is -0.650. The summed E-state index contributed by atoms with van der Waals surface area (Å²) in [5, 5.41) is 21.3. The minimum atomic E-state index is -0.849. The zero-order chi connectivity index (χ0) is 12.0. The zero-order valence-electron chi connectivity index (χ0n) is 9.85. The van der Waals surface area contributed by atoms with Crippen molar-refractivity contribution in [2.24, 2.45) is 0 Å². The van der Waals surface area contributed by atoms with Gasteiger partial charge in [-0.25, -0.2) is 0 Å². The molecule has 5 heteroatoms. The molecule has 0 aliphatic carbocycles. The van der Waals surface area contributed by atoms with Crippen molar-refractivity contribution in [3.63, 3.8) is 0 Å². The number of hydrogen-bond donors (Lipinski definition) is 3. The van der Waals surface area contributed by atoms with Crippen molar-refractivity contribution in [3.8, 4) is 0 Å². The molecule has 0 spiro atoms. The van der Waals surface area contributed by atoms with Crippen LogP contribution < -0.4 is 5.32 Å². The van der Waals surface area contributed by atoms with Crippen molar-refractivity contribution in [1.29, 1.82) is 0 Å². The molecular formula is C11H22N2O3. The van der Waals surface area contributed by atoms with Gasteiger partial charge < -0.3 is 20.4 Å². The summed E-state index contributed by atoms with van der Waals surface area (Å²) in [4.78, 5) is 12.6. The van der Waals surface area contributed by atoms with Crippen LogP contribution in [-0.2, 0) is 4.79 Å². The second-order valence-electron chi connectivity index (χ2n) is 4.57. The Morgan fingerprint density at radius 1 is 1.50 bits per heavy atom. The highest BCUT2D eigenvalue weighted by molar-refractivity contribution is 5.66. The summed E-state index contributed by atoms with van der Waals surface area (Å²) in [7, 11) is 2.11. The van der Waals surface area contributed by atoms with E-state index in [1.807, 2.05) is 0 Å². The molecule has 1 unspecified atom stereocenters. The van der Waals surface area contributed by atoms with Crippen LogP contribution in [0.2, 0.25) is 0 Å². The Morgan fingerprint density at radius 3 is 2.69 bits per heavy atom. The van der Waals surface area contributed by atoms with Crippen LogP contribution in [0.15, 0.2) is 0 Å². The number of carboxylic acid groups (broad SMARTS) is 1. The molecule has 94 valence electrons. The fourth-order valence-electron chi connectivity index (χ4n) is 1.91. The van der Waals surface area contributed by atoms with E-state index >= 15 is 0 Å². The minimum Gasteiger partial charge on any atom is -0.481 e. The van der Waals surface area contributed by atoms with Gasteiger partial charge in [-0.3, -0.25) is 4.79 Å². The van der Waals surface area contributed by atoms with Crippen LogP contribution in [0.25, 0.3) is 0 Å². The number of hydrogen-bond acceptors (Lipinski definition) is 4. The number of carboxylic acids is 1. The van der Waals surface area contributed by atoms with Crippen LogP contribution in [0.3, 0.4) is 0 Å². The molecule has 0 aromatic heterocycles. The van der Waals surface area contributed by atoms with Crippen molar-refractivity contribution in [2.45, 2.75) is 37.8 Å². The summed E-state index contributed by atoms with van der Waals surface area (Å²) in [6, 6.07) is 0.468. The van der Waals surface area contributed by atoms with Gasteiger partial charge in [0.2, 0.25) is 0 Å². The number of rotatable bonds is 6. The molecule has 5 nitrogen and oxygen atoms in total. The van der Waals surface area contributed by atoms with Gasteiger partial charge in [-0.1, -0.05) is 0 Å². The van der Waals surface area contributed by atoms with Gasteiger partial charge in [0.15, 0.2) is 0 Å². The number of aliphatic hydroxyl groups is 1. The number of nitrogens with zero attached hydrogens (tertiary/aromatic N) is 1. The summed E-state index contributed by atoms with van der Waals surface area (Å²) in [5.41, 5.74) is 0. The van der Waals surface area contributed by atoms with Crippen LogP contribution in [0, 0.1) is 0 Å². The lowest BCUT2D eigenvalue weighted by molar-refractivity contribution is -0.137. The molecular weight excluding hydrogens is 208 g/mol. The number of piperidine rings is 1. The van der Waals surface area contributed by atoms with E-state index in [0.717, 1.165) is 25.9 Å². The van der Waals surface area contributed by atoms with Gasteiger partial charge in [0.1, 0.15) is 0 Å². The SMILES string of the molecule is CN1CCC(NCC(O)CCC(=O)O)CC1. The largest absolute Gasteiger partial charge is 0.481 e. The maximum atomic E-state index is 10.3. The molecule has 1 heterocycles. The molecule has 0 amide bonds. The first-order valence-corrected chi connectivity index (χ1v) is 5.89. The molecule has 0 saturated carbocycles. The van der Waals surface area contributed by atoms with E-state index in [-0.39, 0.29) is 6.42 Å². The summed E-state index contributed by atoms with van der Waals surface area (Å²) < 4.78 is 0. The number of aliphatic hydroxyl groups excluding tert-OH is 1. The van der Waals surface area contributed by atoms with Crippen LogP contribution in [0.5, 0.6) is 0 Å². The van der Waals surface area contributed by atoms with E-state index in [1.54, 1.807) is 0 Å². The van der Waals surface area contributed by atoms with E-state index in [4.69, 9.17) is 5.11 Å². The fraction of sp³-hybridized carbons (Fsp3) is 0.909. The average molecular weight is 230 g/mol. The highest BCUT2D eigenvalue weighted by Gasteiger charge is 2.17. The van der Waals surface area contributed by atoms with E-state index in [2.05, 4.69) is 17.3 Å². The first-order valence-electron chi connectivity index (χ1n) is 5.89. The Balaban J connectivity index is 2.07. The lowest BCUT2D eigenvalue weighted by atomic mass is 10.1. The first-order chi connectivity index (χ1) is 7.58. The van der Waals surface area contributed by atoms with Crippen LogP contribution in [0.1, 0.15) is 25.7 Å². The molecule has 1 aliphatic heterocycles. The lowest BCUT2D eigenvalue weighted by Crippen LogP contribution is -2.43. The van der Waals surface area contributed by atoms with Gasteiger partial charge >= 0.3 is 5.97 Å². The van der Waals surface area contributed by atoms with E-state index < -0.39 is 12.1 Å². The van der Waals surface area contributed by atoms with Gasteiger partial charge in [-0.15, -0.1) is 0 Å². The molecule has 0 bridgehead atoms. The monoisotopic (exact) mass is 230 g/mol. The van der Waals surface area contributed by atoms with Gasteiger partial charge in [-0.05, 0) is 39.4 Å². The normalized spacial score (nSPS) is 20.9. The molecule has 1 fully saturated rings. The first kappa shape index (κ1) is 13.4. The third-order valence-electron chi connectivity index (χ3n) is 3.05. The minimum absolute atomic E-state index is 0.0379. The van der Waals surface area contributed by atoms with E-state index in [1.165, 1.54) is 0 Å². The Kier molecular flexibility index (Phi) is 5.73. The van der Waals surface area contributed by atoms with Crippen LogP contribution in [0.4, 0.5) is 0 Å². The second-order valence-corrected chi connectivity index (χ2v) is 4.57. The van der Waals surface area contributed by atoms with Crippen molar-refractivity contribution in [2.75, 3.05) is 26.7 Å². The van der Waals surface area contributed by atoms with Crippen LogP contribution >= 0.6 is 0 Å². The van der Waals surface area contributed by atoms with Crippen LogP contribution in [-0.4, -0.2) is 59.9 Å². The number of aliphatic carboxylic acids is 1. The molecule has 0 aromatic rings. The Morgan fingerprint density at radius 2 is 2.12 bits per heavy atom. The van der Waals surface area contributed by atoms with Crippen molar-refractivity contribution >= 4 is 5.97 Å². The third kappa shape index (κ3) is 5.44. The van der Waals surface area contributed by atoms with Crippen molar-refractivity contribution < 1.29 is 15.0 Å². The maximum absolute atomic E-state index is 10.3. The number of carbonyl (C=O) groups is 1. The second kappa shape index (κ2) is 6.83. The van der Waals surface area contributed by atoms with Gasteiger partial charge in [0, 0.05) is 19.0 Å². The van der Waals surface area contributed by atoms with Gasteiger partial charge in [0.25, 0.3) is 0 Å². The molecule has 0 aromatic carbocycles. The molecule has 3 N–H and O–H groups in total. The predicted octanol–water partition coefficient (Wildman–Crippen LogP) is -0.104. The van der Waals surface area contributed by atoms with E-state index in [9.17, 15) is 9.90 Å². The predicted molar refractivity (Wildman–Crippen MR) is 61.4 cm³/mol. The molecule has 1 aliphatic rings. The van der Waals surface area contributed by atoms with E-state index in [0.29, 0.717) is 19.0 Å². The van der Waals surface area contributed by atoms with Crippen molar-refractivity contribution in [3.05, 3.63) is 0 Å². The molecule has 1 saturated heterocycles. The molecule has 1 atom stereocenters. The molecule has 0 radical (unpaired) electrons. The number of nitrogens with one attached hydrogen (secondary N) is 1. The lowest BCUT2D eigenvalue weighted by Gasteiger charge is -2.30. The summed E-state index contributed by atoms with van der Waals surface area (Å²) >= 11 is 0.